The fourth-order valence-electron chi connectivity index (χ4n) is 5.53. The van der Waals surface area contributed by atoms with Gasteiger partial charge in [0.15, 0.2) is 22.7 Å². The van der Waals surface area contributed by atoms with Crippen molar-refractivity contribution in [1.29, 1.82) is 0 Å². The highest BCUT2D eigenvalue weighted by Gasteiger charge is 2.81. The van der Waals surface area contributed by atoms with E-state index in [1.807, 2.05) is 12.1 Å². The SMILES string of the molecule is C=CCOC(=O)N1c2ccc(OCc3ccc(OC)c(OC)c3)cc2[C@@]2(COC(C)=O)O[C@@]2([C@@H](C)O)[C@@H]1C#C/C=C\C#C[Si](C)(C)C. The molecule has 0 radical (unpaired) electrons. The number of hydrogen-bond donors (Lipinski definition) is 1. The Morgan fingerprint density at radius 3 is 2.45 bits per heavy atom. The second-order valence-corrected chi connectivity index (χ2v) is 16.9. The second-order valence-electron chi connectivity index (χ2n) is 12.1. The van der Waals surface area contributed by atoms with Gasteiger partial charge in [-0.2, -0.15) is 0 Å². The summed E-state index contributed by atoms with van der Waals surface area (Å²) in [5, 5.41) is 11.3. The van der Waals surface area contributed by atoms with Gasteiger partial charge in [-0.3, -0.25) is 9.69 Å². The highest BCUT2D eigenvalue weighted by molar-refractivity contribution is 6.83. The zero-order valence-electron chi connectivity index (χ0n) is 27.8. The monoisotopic (exact) mass is 659 g/mol. The molecular formula is C36H41NO9Si. The summed E-state index contributed by atoms with van der Waals surface area (Å²) in [6.45, 7) is 12.8. The molecule has 2 heterocycles. The molecule has 2 aliphatic heterocycles. The average molecular weight is 660 g/mol. The Labute approximate surface area is 277 Å². The molecule has 11 heteroatoms. The number of carbonyl (C=O) groups is 2. The lowest BCUT2D eigenvalue weighted by atomic mass is 9.74. The maximum absolute atomic E-state index is 13.7. The average Bonchev–Trinajstić information content (AvgIpc) is 3.74. The summed E-state index contributed by atoms with van der Waals surface area (Å²) in [5.74, 6) is 10.2. The Morgan fingerprint density at radius 2 is 1.81 bits per heavy atom. The van der Waals surface area contributed by atoms with Crippen molar-refractivity contribution in [2.75, 3.05) is 32.3 Å². The van der Waals surface area contributed by atoms with Crippen LogP contribution >= 0.6 is 0 Å². The summed E-state index contributed by atoms with van der Waals surface area (Å²) < 4.78 is 34.3. The molecule has 1 saturated heterocycles. The van der Waals surface area contributed by atoms with Crippen molar-refractivity contribution in [2.24, 2.45) is 0 Å². The molecule has 0 saturated carbocycles. The van der Waals surface area contributed by atoms with Crippen LogP contribution in [0, 0.1) is 23.3 Å². The Kier molecular flexibility index (Phi) is 10.8. The molecule has 1 N–H and O–H groups in total. The van der Waals surface area contributed by atoms with Gasteiger partial charge >= 0.3 is 12.1 Å². The predicted molar refractivity (Wildman–Crippen MR) is 180 cm³/mol. The first-order chi connectivity index (χ1) is 22.3. The van der Waals surface area contributed by atoms with E-state index in [4.69, 9.17) is 28.4 Å². The summed E-state index contributed by atoms with van der Waals surface area (Å²) >= 11 is 0. The van der Waals surface area contributed by atoms with E-state index in [1.54, 1.807) is 57.6 Å². The minimum Gasteiger partial charge on any atom is -0.493 e. The van der Waals surface area contributed by atoms with Gasteiger partial charge in [0.05, 0.1) is 26.0 Å². The molecule has 1 amide bonds. The van der Waals surface area contributed by atoms with Crippen molar-refractivity contribution >= 4 is 25.8 Å². The van der Waals surface area contributed by atoms with Gasteiger partial charge in [0, 0.05) is 12.5 Å². The third-order valence-corrected chi connectivity index (χ3v) is 8.55. The van der Waals surface area contributed by atoms with Crippen molar-refractivity contribution in [1.82, 2.24) is 0 Å². The van der Waals surface area contributed by atoms with E-state index >= 15 is 0 Å². The van der Waals surface area contributed by atoms with Crippen LogP contribution in [0.2, 0.25) is 19.6 Å². The molecule has 248 valence electrons. The van der Waals surface area contributed by atoms with Crippen LogP contribution in [-0.2, 0) is 31.2 Å². The number of allylic oxidation sites excluding steroid dienone is 2. The van der Waals surface area contributed by atoms with Crippen molar-refractivity contribution in [3.63, 3.8) is 0 Å². The number of esters is 1. The van der Waals surface area contributed by atoms with Crippen LogP contribution in [0.25, 0.3) is 0 Å². The maximum Gasteiger partial charge on any atom is 0.415 e. The van der Waals surface area contributed by atoms with Crippen molar-refractivity contribution in [3.05, 3.63) is 72.3 Å². The van der Waals surface area contributed by atoms with Gasteiger partial charge in [0.1, 0.15) is 39.7 Å². The number of methoxy groups -OCH3 is 2. The number of amides is 1. The molecule has 0 aliphatic carbocycles. The van der Waals surface area contributed by atoms with Crippen LogP contribution in [0.4, 0.5) is 10.5 Å². The molecule has 0 spiro atoms. The third kappa shape index (κ3) is 7.33. The molecule has 0 aromatic heterocycles. The molecule has 10 nitrogen and oxygen atoms in total. The predicted octanol–water partition coefficient (Wildman–Crippen LogP) is 5.14. The van der Waals surface area contributed by atoms with Crippen LogP contribution in [0.3, 0.4) is 0 Å². The number of anilines is 1. The van der Waals surface area contributed by atoms with E-state index < -0.39 is 43.5 Å². The van der Waals surface area contributed by atoms with Crippen LogP contribution in [0.15, 0.2) is 61.2 Å². The largest absolute Gasteiger partial charge is 0.493 e. The Morgan fingerprint density at radius 1 is 1.09 bits per heavy atom. The van der Waals surface area contributed by atoms with Gasteiger partial charge in [-0.05, 0) is 55.0 Å². The summed E-state index contributed by atoms with van der Waals surface area (Å²) in [5.41, 5.74) is 2.11. The van der Waals surface area contributed by atoms with Crippen molar-refractivity contribution in [2.45, 2.75) is 63.4 Å². The topological polar surface area (TPSA) is 116 Å². The van der Waals surface area contributed by atoms with Crippen LogP contribution in [0.5, 0.6) is 17.2 Å². The van der Waals surface area contributed by atoms with Gasteiger partial charge in [0.25, 0.3) is 0 Å². The van der Waals surface area contributed by atoms with Gasteiger partial charge in [-0.1, -0.05) is 56.1 Å². The van der Waals surface area contributed by atoms with Gasteiger partial charge < -0.3 is 33.5 Å². The lowest BCUT2D eigenvalue weighted by Crippen LogP contribution is -2.59. The first-order valence-corrected chi connectivity index (χ1v) is 18.6. The molecule has 2 aliphatic rings. The minimum atomic E-state index is -1.58. The van der Waals surface area contributed by atoms with Gasteiger partial charge in [0.2, 0.25) is 0 Å². The minimum absolute atomic E-state index is 0.0509. The zero-order valence-corrected chi connectivity index (χ0v) is 28.8. The van der Waals surface area contributed by atoms with Crippen molar-refractivity contribution in [3.8, 4) is 40.6 Å². The summed E-state index contributed by atoms with van der Waals surface area (Å²) in [6.07, 6.45) is 2.82. The van der Waals surface area contributed by atoms with Crippen molar-refractivity contribution < 1.29 is 43.1 Å². The Balaban J connectivity index is 1.81. The van der Waals surface area contributed by atoms with E-state index in [-0.39, 0.29) is 19.8 Å². The molecule has 0 bridgehead atoms. The van der Waals surface area contributed by atoms with Gasteiger partial charge in [-0.15, -0.1) is 5.54 Å². The third-order valence-electron chi connectivity index (χ3n) is 7.65. The summed E-state index contributed by atoms with van der Waals surface area (Å²) in [7, 11) is 1.54. The normalized spacial score (nSPS) is 21.4. The zero-order chi connectivity index (χ0) is 34.4. The molecule has 4 rings (SSSR count). The number of carbonyl (C=O) groups excluding carboxylic acids is 2. The van der Waals surface area contributed by atoms with E-state index in [1.165, 1.54) is 17.9 Å². The number of nitrogens with zero attached hydrogens (tertiary/aromatic N) is 1. The Bertz CT molecular complexity index is 1670. The molecule has 47 heavy (non-hydrogen) atoms. The number of rotatable bonds is 10. The van der Waals surface area contributed by atoms with E-state index in [0.717, 1.165) is 5.56 Å². The molecule has 2 aromatic rings. The fraction of sp³-hybridized carbons (Fsp3) is 0.389. The number of benzene rings is 2. The molecule has 0 unspecified atom stereocenters. The molecule has 1 fully saturated rings. The number of epoxide rings is 1. The number of fused-ring (bicyclic) bond motifs is 3. The molecular weight excluding hydrogens is 618 g/mol. The summed E-state index contributed by atoms with van der Waals surface area (Å²) in [6, 6.07) is 9.55. The summed E-state index contributed by atoms with van der Waals surface area (Å²) in [4.78, 5) is 27.1. The maximum atomic E-state index is 13.7. The van der Waals surface area contributed by atoms with E-state index in [9.17, 15) is 14.7 Å². The highest BCUT2D eigenvalue weighted by Crippen LogP contribution is 2.66. The first kappa shape index (κ1) is 35.2. The molecule has 4 atom stereocenters. The standard InChI is InChI=1S/C36H41NO9Si/c1-9-19-43-34(40)37-30-17-16-28(44-23-27-15-18-31(41-4)32(21-27)42-5)22-29(30)35(24-45-26(3)39)36(46-35,25(2)38)33(37)14-12-10-11-13-20-47(6,7)8/h9-11,15-18,21-22,25,33,38H,1,19,23-24H2,2-8H3/b11-10-/t25-,33+,35-,36+/m1/s1. The lowest BCUT2D eigenvalue weighted by Gasteiger charge is -2.40. The number of ether oxygens (including phenoxy) is 6. The van der Waals surface area contributed by atoms with E-state index in [2.05, 4.69) is 49.5 Å². The van der Waals surface area contributed by atoms with Crippen LogP contribution in [-0.4, -0.2) is 70.4 Å². The second kappa shape index (κ2) is 14.4. The van der Waals surface area contributed by atoms with E-state index in [0.29, 0.717) is 28.5 Å². The Hall–Kier alpha value is -4.68. The van der Waals surface area contributed by atoms with Crippen LogP contribution < -0.4 is 19.1 Å². The number of hydrogen-bond acceptors (Lipinski definition) is 9. The fourth-order valence-corrected chi connectivity index (χ4v) is 6.05. The number of aliphatic hydroxyl groups is 1. The smallest absolute Gasteiger partial charge is 0.415 e. The van der Waals surface area contributed by atoms with Gasteiger partial charge in [-0.25, -0.2) is 4.79 Å². The number of aliphatic hydroxyl groups excluding tert-OH is 1. The van der Waals surface area contributed by atoms with Crippen LogP contribution in [0.1, 0.15) is 25.0 Å². The quantitative estimate of drug-likeness (QED) is 0.122. The lowest BCUT2D eigenvalue weighted by molar-refractivity contribution is -0.143. The highest BCUT2D eigenvalue weighted by atomic mass is 28.3. The first-order valence-electron chi connectivity index (χ1n) is 15.1. The molecule has 2 aromatic carbocycles.